The van der Waals surface area contributed by atoms with Crippen LogP contribution < -0.4 is 16.0 Å². The monoisotopic (exact) mass is 412 g/mol. The number of likely N-dealkylation sites (N-methyl/N-ethyl adjacent to an activating group) is 3. The molecular formula is C20H40N6O3. The van der Waals surface area contributed by atoms with Gasteiger partial charge in [-0.2, -0.15) is 0 Å². The number of piperazine rings is 1. The van der Waals surface area contributed by atoms with E-state index in [1.807, 2.05) is 18.9 Å². The summed E-state index contributed by atoms with van der Waals surface area (Å²) in [5.41, 5.74) is 0. The van der Waals surface area contributed by atoms with Crippen LogP contribution in [0.3, 0.4) is 0 Å². The fraction of sp³-hybridized carbons (Fsp3) is 0.900. The molecule has 3 N–H and O–H groups in total. The van der Waals surface area contributed by atoms with E-state index in [0.29, 0.717) is 31.7 Å². The molecule has 0 aliphatic carbocycles. The minimum atomic E-state index is 0.0509. The van der Waals surface area contributed by atoms with Gasteiger partial charge in [0.15, 0.2) is 0 Å². The summed E-state index contributed by atoms with van der Waals surface area (Å²) in [5.74, 6) is 0.292. The lowest BCUT2D eigenvalue weighted by atomic mass is 10.0. The highest BCUT2D eigenvalue weighted by Gasteiger charge is 2.32. The van der Waals surface area contributed by atoms with Gasteiger partial charge in [0.05, 0.1) is 32.3 Å². The molecule has 0 spiro atoms. The summed E-state index contributed by atoms with van der Waals surface area (Å²) in [6.45, 7) is 11.9. The smallest absolute Gasteiger partial charge is 0.236 e. The standard InChI is InChI=1S/C15H28N4O2.C5H12N2O/c1-16-10-15(20)19-4-2-13(3-5-19)17-6-8-18(9-7-17)14-11-21-12-14;1-3-7-5(8)4-6-2/h13-14,16H,2-12H2,1H3;6H,3-4H2,1-2H3,(H,7,8). The van der Waals surface area contributed by atoms with Crippen molar-refractivity contribution < 1.29 is 14.3 Å². The molecule has 29 heavy (non-hydrogen) atoms. The van der Waals surface area contributed by atoms with E-state index in [9.17, 15) is 9.59 Å². The zero-order chi connectivity index (χ0) is 21.1. The summed E-state index contributed by atoms with van der Waals surface area (Å²) in [6.07, 6.45) is 2.25. The van der Waals surface area contributed by atoms with Crippen LogP contribution in [0.15, 0.2) is 0 Å². The minimum Gasteiger partial charge on any atom is -0.378 e. The first-order chi connectivity index (χ1) is 14.1. The number of nitrogens with zero attached hydrogens (tertiary/aromatic N) is 3. The molecule has 9 nitrogen and oxygen atoms in total. The normalized spacial score (nSPS) is 21.8. The molecule has 3 aliphatic heterocycles. The lowest BCUT2D eigenvalue weighted by molar-refractivity contribution is -0.132. The molecule has 0 aromatic heterocycles. The van der Waals surface area contributed by atoms with Gasteiger partial charge in [-0.3, -0.25) is 19.4 Å². The molecule has 3 fully saturated rings. The molecule has 0 aromatic carbocycles. The average molecular weight is 413 g/mol. The first kappa shape index (κ1) is 24.0. The number of carbonyl (C=O) groups is 2. The van der Waals surface area contributed by atoms with Crippen LogP contribution in [0.4, 0.5) is 0 Å². The number of ether oxygens (including phenoxy) is 1. The van der Waals surface area contributed by atoms with Crippen molar-refractivity contribution in [1.29, 1.82) is 0 Å². The van der Waals surface area contributed by atoms with E-state index in [-0.39, 0.29) is 11.8 Å². The fourth-order valence-corrected chi connectivity index (χ4v) is 4.07. The Kier molecular flexibility index (Phi) is 10.9. The van der Waals surface area contributed by atoms with Crippen LogP contribution in [0.25, 0.3) is 0 Å². The van der Waals surface area contributed by atoms with Crippen LogP contribution in [0, 0.1) is 0 Å². The molecule has 168 valence electrons. The number of amides is 2. The van der Waals surface area contributed by atoms with Gasteiger partial charge in [0.2, 0.25) is 11.8 Å². The number of piperidine rings is 1. The van der Waals surface area contributed by atoms with Crippen molar-refractivity contribution in [3.05, 3.63) is 0 Å². The van der Waals surface area contributed by atoms with Crippen molar-refractivity contribution in [3.63, 3.8) is 0 Å². The van der Waals surface area contributed by atoms with Gasteiger partial charge >= 0.3 is 0 Å². The van der Waals surface area contributed by atoms with Gasteiger partial charge in [-0.25, -0.2) is 0 Å². The van der Waals surface area contributed by atoms with Gasteiger partial charge in [0.25, 0.3) is 0 Å². The van der Waals surface area contributed by atoms with Gasteiger partial charge in [0, 0.05) is 51.9 Å². The zero-order valence-electron chi connectivity index (χ0n) is 18.4. The lowest BCUT2D eigenvalue weighted by Gasteiger charge is -2.46. The molecule has 0 unspecified atom stereocenters. The largest absolute Gasteiger partial charge is 0.378 e. The fourth-order valence-electron chi connectivity index (χ4n) is 4.07. The number of rotatable bonds is 7. The van der Waals surface area contributed by atoms with Gasteiger partial charge in [-0.1, -0.05) is 0 Å². The van der Waals surface area contributed by atoms with Crippen molar-refractivity contribution in [1.82, 2.24) is 30.7 Å². The van der Waals surface area contributed by atoms with Gasteiger partial charge in [-0.05, 0) is 33.9 Å². The summed E-state index contributed by atoms with van der Waals surface area (Å²) < 4.78 is 5.29. The predicted molar refractivity (Wildman–Crippen MR) is 114 cm³/mol. The highest BCUT2D eigenvalue weighted by Crippen LogP contribution is 2.20. The Balaban J connectivity index is 0.000000321. The van der Waals surface area contributed by atoms with Crippen molar-refractivity contribution in [3.8, 4) is 0 Å². The molecule has 0 aromatic rings. The predicted octanol–water partition coefficient (Wildman–Crippen LogP) is -1.44. The summed E-state index contributed by atoms with van der Waals surface area (Å²) in [6, 6.07) is 1.34. The van der Waals surface area contributed by atoms with Crippen LogP contribution in [0.5, 0.6) is 0 Å². The number of hydrogen-bond donors (Lipinski definition) is 3. The van der Waals surface area contributed by atoms with Crippen molar-refractivity contribution in [2.45, 2.75) is 31.8 Å². The quantitative estimate of drug-likeness (QED) is 0.472. The van der Waals surface area contributed by atoms with Gasteiger partial charge in [0.1, 0.15) is 0 Å². The lowest BCUT2D eigenvalue weighted by Crippen LogP contribution is -2.59. The molecule has 3 rings (SSSR count). The van der Waals surface area contributed by atoms with Gasteiger partial charge < -0.3 is 25.6 Å². The zero-order valence-corrected chi connectivity index (χ0v) is 18.4. The molecule has 3 heterocycles. The SMILES string of the molecule is CCNC(=O)CNC.CNCC(=O)N1CCC(N2CCN(C3COC3)CC2)CC1. The van der Waals surface area contributed by atoms with E-state index in [0.717, 1.165) is 39.1 Å². The number of hydrogen-bond acceptors (Lipinski definition) is 7. The number of carbonyl (C=O) groups excluding carboxylic acids is 2. The molecule has 9 heteroatoms. The van der Waals surface area contributed by atoms with Crippen molar-refractivity contribution in [2.75, 3.05) is 86.2 Å². The van der Waals surface area contributed by atoms with Crippen LogP contribution in [0.1, 0.15) is 19.8 Å². The molecular weight excluding hydrogens is 372 g/mol. The van der Waals surface area contributed by atoms with Crippen molar-refractivity contribution >= 4 is 11.8 Å². The molecule has 0 atom stereocenters. The molecule has 0 bridgehead atoms. The maximum Gasteiger partial charge on any atom is 0.236 e. The Hall–Kier alpha value is -1.26. The van der Waals surface area contributed by atoms with Crippen LogP contribution in [0.2, 0.25) is 0 Å². The molecule has 2 amide bonds. The third-order valence-electron chi connectivity index (χ3n) is 5.86. The van der Waals surface area contributed by atoms with E-state index in [1.165, 1.54) is 26.2 Å². The van der Waals surface area contributed by atoms with E-state index < -0.39 is 0 Å². The average Bonchev–Trinajstić information content (AvgIpc) is 2.69. The van der Waals surface area contributed by atoms with Crippen LogP contribution >= 0.6 is 0 Å². The number of nitrogens with one attached hydrogen (secondary N) is 3. The summed E-state index contributed by atoms with van der Waals surface area (Å²) in [5, 5.41) is 8.33. The van der Waals surface area contributed by atoms with E-state index >= 15 is 0 Å². The van der Waals surface area contributed by atoms with E-state index in [4.69, 9.17) is 4.74 Å². The minimum absolute atomic E-state index is 0.0509. The van der Waals surface area contributed by atoms with E-state index in [1.54, 1.807) is 7.05 Å². The Morgan fingerprint density at radius 3 is 1.86 bits per heavy atom. The van der Waals surface area contributed by atoms with E-state index in [2.05, 4.69) is 25.8 Å². The summed E-state index contributed by atoms with van der Waals surface area (Å²) in [4.78, 5) is 29.6. The molecule has 0 radical (unpaired) electrons. The maximum atomic E-state index is 11.9. The molecule has 3 aliphatic rings. The third-order valence-corrected chi connectivity index (χ3v) is 5.86. The summed E-state index contributed by atoms with van der Waals surface area (Å²) in [7, 11) is 3.58. The third kappa shape index (κ3) is 7.82. The first-order valence-corrected chi connectivity index (χ1v) is 11.0. The second-order valence-corrected chi connectivity index (χ2v) is 7.89. The summed E-state index contributed by atoms with van der Waals surface area (Å²) >= 11 is 0. The molecule has 3 saturated heterocycles. The second-order valence-electron chi connectivity index (χ2n) is 7.89. The first-order valence-electron chi connectivity index (χ1n) is 11.0. The topological polar surface area (TPSA) is 89.2 Å². The highest BCUT2D eigenvalue weighted by molar-refractivity contribution is 5.78. The Morgan fingerprint density at radius 1 is 0.862 bits per heavy atom. The number of likely N-dealkylation sites (tertiary alicyclic amines) is 1. The Labute approximate surface area is 175 Å². The Bertz CT molecular complexity index is 479. The molecule has 0 saturated carbocycles. The van der Waals surface area contributed by atoms with Crippen molar-refractivity contribution in [2.24, 2.45) is 0 Å². The van der Waals surface area contributed by atoms with Crippen LogP contribution in [-0.4, -0.2) is 125 Å². The van der Waals surface area contributed by atoms with Crippen LogP contribution in [-0.2, 0) is 14.3 Å². The maximum absolute atomic E-state index is 11.9. The highest BCUT2D eigenvalue weighted by atomic mass is 16.5. The Morgan fingerprint density at radius 2 is 1.41 bits per heavy atom. The van der Waals surface area contributed by atoms with Gasteiger partial charge in [-0.15, -0.1) is 0 Å². The second kappa shape index (κ2) is 13.1.